The Morgan fingerprint density at radius 2 is 1.58 bits per heavy atom. The smallest absolute Gasteiger partial charge is 0.260 e. The molecular formula is C27H29NO3. The summed E-state index contributed by atoms with van der Waals surface area (Å²) in [4.78, 5) is 14.6. The van der Waals surface area contributed by atoms with Crippen molar-refractivity contribution in [3.63, 3.8) is 0 Å². The normalized spacial score (nSPS) is 14.4. The highest BCUT2D eigenvalue weighted by atomic mass is 16.5. The molecule has 0 aromatic heterocycles. The number of piperidine rings is 1. The minimum absolute atomic E-state index is 0.0554. The van der Waals surface area contributed by atoms with Gasteiger partial charge in [-0.05, 0) is 60.9 Å². The molecule has 0 atom stereocenters. The van der Waals surface area contributed by atoms with Crippen molar-refractivity contribution in [1.82, 2.24) is 4.90 Å². The number of likely N-dealkylation sites (tertiary alicyclic amines) is 1. The van der Waals surface area contributed by atoms with Crippen molar-refractivity contribution in [1.29, 1.82) is 0 Å². The zero-order chi connectivity index (χ0) is 21.5. The maximum atomic E-state index is 12.7. The fourth-order valence-electron chi connectivity index (χ4n) is 4.18. The van der Waals surface area contributed by atoms with E-state index >= 15 is 0 Å². The van der Waals surface area contributed by atoms with E-state index in [9.17, 15) is 9.90 Å². The van der Waals surface area contributed by atoms with Crippen LogP contribution in [0.15, 0.2) is 78.9 Å². The van der Waals surface area contributed by atoms with E-state index in [2.05, 4.69) is 0 Å². The number of benzene rings is 3. The van der Waals surface area contributed by atoms with E-state index < -0.39 is 0 Å². The number of hydrogen-bond donors (Lipinski definition) is 1. The molecular weight excluding hydrogens is 386 g/mol. The van der Waals surface area contributed by atoms with Gasteiger partial charge >= 0.3 is 0 Å². The van der Waals surface area contributed by atoms with Crippen LogP contribution < -0.4 is 4.74 Å². The lowest BCUT2D eigenvalue weighted by atomic mass is 9.90. The van der Waals surface area contributed by atoms with Crippen molar-refractivity contribution in [2.24, 2.45) is 5.92 Å². The van der Waals surface area contributed by atoms with Crippen molar-refractivity contribution in [3.05, 3.63) is 84.4 Å². The molecule has 0 spiro atoms. The molecule has 0 unspecified atom stereocenters. The van der Waals surface area contributed by atoms with Crippen LogP contribution in [0.5, 0.6) is 11.5 Å². The van der Waals surface area contributed by atoms with Gasteiger partial charge in [-0.3, -0.25) is 4.79 Å². The fraction of sp³-hybridized carbons (Fsp3) is 0.296. The number of hydrogen-bond acceptors (Lipinski definition) is 3. The minimum atomic E-state index is 0.0554. The lowest BCUT2D eigenvalue weighted by Crippen LogP contribution is -2.41. The van der Waals surface area contributed by atoms with Gasteiger partial charge in [-0.25, -0.2) is 0 Å². The molecule has 3 aromatic carbocycles. The molecule has 1 amide bonds. The summed E-state index contributed by atoms with van der Waals surface area (Å²) in [5, 5.41) is 9.40. The molecule has 0 saturated carbocycles. The van der Waals surface area contributed by atoms with Gasteiger partial charge in [-0.1, -0.05) is 60.7 Å². The summed E-state index contributed by atoms with van der Waals surface area (Å²) in [7, 11) is 0. The SMILES string of the molecule is O=C(COc1ccccc1-c1ccccc1)N1CCC(CCc2ccc(O)cc2)CC1. The van der Waals surface area contributed by atoms with E-state index in [1.165, 1.54) is 5.56 Å². The zero-order valence-electron chi connectivity index (χ0n) is 17.7. The maximum absolute atomic E-state index is 12.7. The molecule has 1 aliphatic rings. The molecule has 0 bridgehead atoms. The molecule has 0 radical (unpaired) electrons. The number of aromatic hydroxyl groups is 1. The number of rotatable bonds is 7. The molecule has 1 heterocycles. The van der Waals surface area contributed by atoms with E-state index in [-0.39, 0.29) is 12.5 Å². The summed E-state index contributed by atoms with van der Waals surface area (Å²) < 4.78 is 5.94. The van der Waals surface area contributed by atoms with E-state index in [1.807, 2.05) is 71.6 Å². The van der Waals surface area contributed by atoms with E-state index in [1.54, 1.807) is 12.1 Å². The molecule has 1 saturated heterocycles. The van der Waals surface area contributed by atoms with Crippen molar-refractivity contribution in [2.45, 2.75) is 25.7 Å². The van der Waals surface area contributed by atoms with E-state index in [4.69, 9.17) is 4.74 Å². The van der Waals surface area contributed by atoms with Gasteiger partial charge in [-0.2, -0.15) is 0 Å². The summed E-state index contributed by atoms with van der Waals surface area (Å²) in [6, 6.07) is 25.4. The third-order valence-electron chi connectivity index (χ3n) is 6.07. The van der Waals surface area contributed by atoms with Crippen LogP contribution in [0.25, 0.3) is 11.1 Å². The average molecular weight is 416 g/mol. The summed E-state index contributed by atoms with van der Waals surface area (Å²) in [5.41, 5.74) is 3.34. The van der Waals surface area contributed by atoms with Crippen LogP contribution in [0.4, 0.5) is 0 Å². The van der Waals surface area contributed by atoms with Gasteiger partial charge < -0.3 is 14.7 Å². The third-order valence-corrected chi connectivity index (χ3v) is 6.07. The van der Waals surface area contributed by atoms with Crippen LogP contribution in [0.2, 0.25) is 0 Å². The lowest BCUT2D eigenvalue weighted by molar-refractivity contribution is -0.134. The number of aryl methyl sites for hydroxylation is 1. The molecule has 3 aromatic rings. The number of phenols is 1. The van der Waals surface area contributed by atoms with Gasteiger partial charge in [0, 0.05) is 18.7 Å². The second kappa shape index (κ2) is 10.2. The molecule has 31 heavy (non-hydrogen) atoms. The summed E-state index contributed by atoms with van der Waals surface area (Å²) in [5.74, 6) is 1.74. The number of phenolic OH excluding ortho intramolecular Hbond substituents is 1. The number of nitrogens with zero attached hydrogens (tertiary/aromatic N) is 1. The molecule has 1 N–H and O–H groups in total. The second-order valence-electron chi connectivity index (χ2n) is 8.18. The molecule has 1 fully saturated rings. The van der Waals surface area contributed by atoms with Gasteiger partial charge in [0.2, 0.25) is 0 Å². The van der Waals surface area contributed by atoms with E-state index in [0.717, 1.165) is 55.6 Å². The molecule has 4 heteroatoms. The Labute approximate surface area is 184 Å². The monoisotopic (exact) mass is 415 g/mol. The number of ether oxygens (including phenoxy) is 1. The van der Waals surface area contributed by atoms with Crippen LogP contribution in [-0.4, -0.2) is 35.6 Å². The van der Waals surface area contributed by atoms with Gasteiger partial charge in [0.1, 0.15) is 11.5 Å². The Morgan fingerprint density at radius 1 is 0.903 bits per heavy atom. The first-order valence-electron chi connectivity index (χ1n) is 11.0. The first-order valence-corrected chi connectivity index (χ1v) is 11.0. The Morgan fingerprint density at radius 3 is 2.32 bits per heavy atom. The van der Waals surface area contributed by atoms with Gasteiger partial charge in [-0.15, -0.1) is 0 Å². The quantitative estimate of drug-likeness (QED) is 0.569. The van der Waals surface area contributed by atoms with Crippen LogP contribution >= 0.6 is 0 Å². The standard InChI is InChI=1S/C27H29NO3/c29-24-14-12-21(13-15-24)10-11-22-16-18-28(19-17-22)27(30)20-31-26-9-5-4-8-25(26)23-6-2-1-3-7-23/h1-9,12-15,22,29H,10-11,16-20H2. The van der Waals surface area contributed by atoms with Crippen LogP contribution in [0.1, 0.15) is 24.8 Å². The van der Waals surface area contributed by atoms with Crippen molar-refractivity contribution in [3.8, 4) is 22.6 Å². The Kier molecular flexibility index (Phi) is 6.88. The number of amides is 1. The number of carbonyl (C=O) groups excluding carboxylic acids is 1. The second-order valence-corrected chi connectivity index (χ2v) is 8.18. The van der Waals surface area contributed by atoms with Crippen LogP contribution in [0.3, 0.4) is 0 Å². The summed E-state index contributed by atoms with van der Waals surface area (Å²) >= 11 is 0. The first kappa shape index (κ1) is 21.0. The molecule has 160 valence electrons. The first-order chi connectivity index (χ1) is 15.2. The van der Waals surface area contributed by atoms with Gasteiger partial charge in [0.05, 0.1) is 0 Å². The predicted octanol–water partition coefficient (Wildman–Crippen LogP) is 5.31. The van der Waals surface area contributed by atoms with E-state index in [0.29, 0.717) is 11.7 Å². The molecule has 1 aliphatic heterocycles. The molecule has 4 rings (SSSR count). The highest BCUT2D eigenvalue weighted by molar-refractivity contribution is 5.78. The number of para-hydroxylation sites is 1. The van der Waals surface area contributed by atoms with Gasteiger partial charge in [0.15, 0.2) is 6.61 Å². The molecule has 0 aliphatic carbocycles. The minimum Gasteiger partial charge on any atom is -0.508 e. The summed E-state index contributed by atoms with van der Waals surface area (Å²) in [6.07, 6.45) is 4.20. The van der Waals surface area contributed by atoms with Crippen molar-refractivity contribution < 1.29 is 14.6 Å². The third kappa shape index (κ3) is 5.66. The topological polar surface area (TPSA) is 49.8 Å². The largest absolute Gasteiger partial charge is 0.508 e. The van der Waals surface area contributed by atoms with Gasteiger partial charge in [0.25, 0.3) is 5.91 Å². The highest BCUT2D eigenvalue weighted by Gasteiger charge is 2.23. The number of carbonyl (C=O) groups is 1. The Hall–Kier alpha value is -3.27. The molecule has 4 nitrogen and oxygen atoms in total. The van der Waals surface area contributed by atoms with Crippen molar-refractivity contribution >= 4 is 5.91 Å². The van der Waals surface area contributed by atoms with Crippen molar-refractivity contribution in [2.75, 3.05) is 19.7 Å². The Balaban J connectivity index is 1.25. The maximum Gasteiger partial charge on any atom is 0.260 e. The Bertz CT molecular complexity index is 977. The fourth-order valence-corrected chi connectivity index (χ4v) is 4.18. The highest BCUT2D eigenvalue weighted by Crippen LogP contribution is 2.30. The van der Waals surface area contributed by atoms with Crippen LogP contribution in [0, 0.1) is 5.92 Å². The average Bonchev–Trinajstić information content (AvgIpc) is 2.83. The summed E-state index contributed by atoms with van der Waals surface area (Å²) in [6.45, 7) is 1.66. The lowest BCUT2D eigenvalue weighted by Gasteiger charge is -2.32. The zero-order valence-corrected chi connectivity index (χ0v) is 17.7. The van der Waals surface area contributed by atoms with Crippen LogP contribution in [-0.2, 0) is 11.2 Å². The predicted molar refractivity (Wildman–Crippen MR) is 123 cm³/mol.